The van der Waals surface area contributed by atoms with E-state index in [4.69, 9.17) is 12.2 Å². The fraction of sp³-hybridized carbons (Fsp3) is 0.520. The number of nitrogens with one attached hydrogen (secondary N) is 3. The number of aryl methyl sites for hydroxylation is 1. The van der Waals surface area contributed by atoms with Gasteiger partial charge in [0.15, 0.2) is 10.00 Å². The number of nitrogens with zero attached hydrogens (tertiary/aromatic N) is 4. The van der Waals surface area contributed by atoms with Gasteiger partial charge in [-0.1, -0.05) is 18.3 Å². The number of carbonyl (C=O) groups is 3. The van der Waals surface area contributed by atoms with Crippen LogP contribution in [0.25, 0.3) is 0 Å². The number of pyridine rings is 1. The molecule has 3 amide bonds. The van der Waals surface area contributed by atoms with Gasteiger partial charge < -0.3 is 25.8 Å². The van der Waals surface area contributed by atoms with Crippen molar-refractivity contribution >= 4 is 64.5 Å². The maximum Gasteiger partial charge on any atom is 0.284 e. The highest BCUT2D eigenvalue weighted by Gasteiger charge is 2.37. The third-order valence-corrected chi connectivity index (χ3v) is 8.13. The van der Waals surface area contributed by atoms with Crippen molar-refractivity contribution in [3.05, 3.63) is 39.5 Å². The third-order valence-electron chi connectivity index (χ3n) is 6.75. The first-order valence-electron chi connectivity index (χ1n) is 12.3. The van der Waals surface area contributed by atoms with Crippen molar-refractivity contribution in [1.82, 2.24) is 30.4 Å². The molecule has 206 valence electrons. The summed E-state index contributed by atoms with van der Waals surface area (Å²) in [4.78, 5) is 52.3. The van der Waals surface area contributed by atoms with E-state index in [1.54, 1.807) is 31.3 Å². The van der Waals surface area contributed by atoms with Crippen LogP contribution in [0, 0.1) is 12.8 Å². The topological polar surface area (TPSA) is 120 Å². The Kier molecular flexibility index (Phi) is 10.2. The van der Waals surface area contributed by atoms with Gasteiger partial charge >= 0.3 is 0 Å². The molecule has 10 nitrogen and oxygen atoms in total. The molecular formula is C25H34ClN7O3S2. The molecule has 0 saturated heterocycles. The normalized spacial score (nSPS) is 20.9. The van der Waals surface area contributed by atoms with Gasteiger partial charge in [0.05, 0.1) is 11.7 Å². The molecule has 4 rings (SSSR count). The van der Waals surface area contributed by atoms with Crippen LogP contribution in [0.4, 0.5) is 5.82 Å². The summed E-state index contributed by atoms with van der Waals surface area (Å²) in [5.41, 5.74) is 1.96. The molecule has 0 aromatic carbocycles. The number of halogens is 1. The molecule has 0 radical (unpaired) electrons. The second-order valence-electron chi connectivity index (χ2n) is 9.95. The van der Waals surface area contributed by atoms with Crippen molar-refractivity contribution in [3.8, 4) is 0 Å². The molecule has 3 N–H and O–H groups in total. The van der Waals surface area contributed by atoms with Crippen LogP contribution in [-0.4, -0.2) is 82.2 Å². The second kappa shape index (κ2) is 12.9. The summed E-state index contributed by atoms with van der Waals surface area (Å²) in [5.74, 6) is -0.536. The molecule has 3 atom stereocenters. The molecule has 2 aromatic rings. The lowest BCUT2D eigenvalue weighted by Gasteiger charge is -2.37. The molecule has 2 aromatic heterocycles. The van der Waals surface area contributed by atoms with Crippen molar-refractivity contribution < 1.29 is 14.4 Å². The average molecular weight is 580 g/mol. The maximum atomic E-state index is 13.2. The van der Waals surface area contributed by atoms with Gasteiger partial charge in [-0.05, 0) is 44.9 Å². The van der Waals surface area contributed by atoms with Crippen molar-refractivity contribution in [1.29, 1.82) is 0 Å². The average Bonchev–Trinajstić information content (AvgIpc) is 3.29. The molecule has 0 bridgehead atoms. The van der Waals surface area contributed by atoms with Crippen LogP contribution < -0.4 is 16.0 Å². The fourth-order valence-corrected chi connectivity index (χ4v) is 5.99. The summed E-state index contributed by atoms with van der Waals surface area (Å²) >= 11 is 6.79. The Morgan fingerprint density at radius 3 is 2.61 bits per heavy atom. The number of hydrogen-bond acceptors (Lipinski definition) is 8. The lowest BCUT2D eigenvalue weighted by molar-refractivity contribution is -0.134. The van der Waals surface area contributed by atoms with Gasteiger partial charge in [-0.2, -0.15) is 0 Å². The summed E-state index contributed by atoms with van der Waals surface area (Å²) in [5, 5.41) is 9.34. The Balaban J connectivity index is 0.00000400. The minimum Gasteiger partial charge on any atom is -0.367 e. The first kappa shape index (κ1) is 29.9. The predicted octanol–water partition coefficient (Wildman–Crippen LogP) is 2.17. The summed E-state index contributed by atoms with van der Waals surface area (Å²) in [6, 6.07) is 2.85. The molecule has 1 aliphatic carbocycles. The Morgan fingerprint density at radius 1 is 1.16 bits per heavy atom. The molecule has 3 heterocycles. The van der Waals surface area contributed by atoms with Gasteiger partial charge in [0.2, 0.25) is 5.91 Å². The molecule has 13 heteroatoms. The number of carbonyl (C=O) groups excluding carboxylic acids is 3. The molecule has 0 spiro atoms. The summed E-state index contributed by atoms with van der Waals surface area (Å²) in [6.45, 7) is 3.61. The van der Waals surface area contributed by atoms with E-state index in [0.717, 1.165) is 35.6 Å². The fourth-order valence-electron chi connectivity index (χ4n) is 4.69. The van der Waals surface area contributed by atoms with Gasteiger partial charge in [0, 0.05) is 56.6 Å². The minimum atomic E-state index is -0.473. The lowest BCUT2D eigenvalue weighted by atomic mass is 9.81. The third kappa shape index (κ3) is 7.25. The molecule has 1 fully saturated rings. The van der Waals surface area contributed by atoms with Gasteiger partial charge in [-0.3, -0.25) is 14.4 Å². The molecular weight excluding hydrogens is 546 g/mol. The summed E-state index contributed by atoms with van der Waals surface area (Å²) in [6.07, 6.45) is 4.13. The molecule has 1 aliphatic heterocycles. The second-order valence-corrected chi connectivity index (χ2v) is 11.4. The SMILES string of the molecule is Cc1ccc(NC(=O)C(=S)N[C@H]2CC[C@H](C(=O)N(C)C)C[C@H]2NC(=O)c2nc3c(s2)CN(C)CC3)nc1.Cl. The number of aromatic nitrogens is 2. The van der Waals surface area contributed by atoms with E-state index in [1.807, 2.05) is 13.0 Å². The van der Waals surface area contributed by atoms with E-state index < -0.39 is 11.9 Å². The van der Waals surface area contributed by atoms with Gasteiger partial charge in [0.1, 0.15) is 5.82 Å². The number of thiocarbonyl (C=S) groups is 1. The zero-order chi connectivity index (χ0) is 26.7. The number of likely N-dealkylation sites (N-methyl/N-ethyl adjacent to an activating group) is 1. The van der Waals surface area contributed by atoms with Crippen LogP contribution in [0.15, 0.2) is 18.3 Å². The zero-order valence-electron chi connectivity index (χ0n) is 21.9. The lowest BCUT2D eigenvalue weighted by Crippen LogP contribution is -2.56. The number of hydrogen-bond donors (Lipinski definition) is 3. The number of fused-ring (bicyclic) bond motifs is 1. The smallest absolute Gasteiger partial charge is 0.284 e. The maximum absolute atomic E-state index is 13.2. The van der Waals surface area contributed by atoms with Crippen molar-refractivity contribution in [2.45, 2.75) is 51.2 Å². The first-order chi connectivity index (χ1) is 17.6. The molecule has 1 saturated carbocycles. The van der Waals surface area contributed by atoms with E-state index in [1.165, 1.54) is 11.3 Å². The first-order valence-corrected chi connectivity index (χ1v) is 13.6. The number of amides is 3. The van der Waals surface area contributed by atoms with Gasteiger partial charge in [-0.15, -0.1) is 23.7 Å². The van der Waals surface area contributed by atoms with E-state index in [9.17, 15) is 14.4 Å². The van der Waals surface area contributed by atoms with E-state index in [0.29, 0.717) is 30.1 Å². The Bertz CT molecular complexity index is 1190. The number of rotatable bonds is 5. The highest BCUT2D eigenvalue weighted by molar-refractivity contribution is 7.82. The van der Waals surface area contributed by atoms with Crippen molar-refractivity contribution in [2.24, 2.45) is 5.92 Å². The van der Waals surface area contributed by atoms with Crippen LogP contribution >= 0.6 is 36.0 Å². The quantitative estimate of drug-likeness (QED) is 0.461. The van der Waals surface area contributed by atoms with Crippen LogP contribution in [0.3, 0.4) is 0 Å². The van der Waals surface area contributed by atoms with Crippen molar-refractivity contribution in [2.75, 3.05) is 33.0 Å². The Hall–Kier alpha value is -2.67. The predicted molar refractivity (Wildman–Crippen MR) is 154 cm³/mol. The molecule has 38 heavy (non-hydrogen) atoms. The minimum absolute atomic E-state index is 0. The van der Waals surface area contributed by atoms with E-state index in [-0.39, 0.29) is 41.2 Å². The highest BCUT2D eigenvalue weighted by Crippen LogP contribution is 2.28. The van der Waals surface area contributed by atoms with Crippen LogP contribution in [0.5, 0.6) is 0 Å². The number of anilines is 1. The highest BCUT2D eigenvalue weighted by atomic mass is 35.5. The van der Waals surface area contributed by atoms with Crippen molar-refractivity contribution in [3.63, 3.8) is 0 Å². The monoisotopic (exact) mass is 579 g/mol. The largest absolute Gasteiger partial charge is 0.367 e. The number of thiazole rings is 1. The Labute approximate surface area is 238 Å². The van der Waals surface area contributed by atoms with Gasteiger partial charge in [0.25, 0.3) is 11.8 Å². The van der Waals surface area contributed by atoms with Crippen LogP contribution in [-0.2, 0) is 22.6 Å². The van der Waals surface area contributed by atoms with Crippen LogP contribution in [0.2, 0.25) is 0 Å². The Morgan fingerprint density at radius 2 is 1.92 bits per heavy atom. The van der Waals surface area contributed by atoms with Gasteiger partial charge in [-0.25, -0.2) is 9.97 Å². The molecule has 2 aliphatic rings. The summed E-state index contributed by atoms with van der Waals surface area (Å²) < 4.78 is 0. The zero-order valence-corrected chi connectivity index (χ0v) is 24.4. The van der Waals surface area contributed by atoms with E-state index >= 15 is 0 Å². The van der Waals surface area contributed by atoms with E-state index in [2.05, 4.69) is 37.9 Å². The molecule has 0 unspecified atom stereocenters. The summed E-state index contributed by atoms with van der Waals surface area (Å²) in [7, 11) is 5.52. The van der Waals surface area contributed by atoms with Crippen LogP contribution in [0.1, 0.15) is 45.2 Å². The standard InChI is InChI=1S/C25H33N7O3S2.ClH/c1-14-5-8-20(26-12-14)30-21(33)23(36)28-16-7-6-15(25(35)31(2)3)11-18(16)27-22(34)24-29-17-9-10-32(4)13-19(17)37-24;/h5,8,12,15-16,18H,6-7,9-11,13H2,1-4H3,(H,27,34)(H,28,36)(H,26,30,33);1H/t15-,16-,18+;/m0./s1.